The van der Waals surface area contributed by atoms with Crippen LogP contribution in [0.15, 0.2) is 0 Å². The third-order valence-electron chi connectivity index (χ3n) is 3.43. The molecule has 0 aliphatic carbocycles. The van der Waals surface area contributed by atoms with Crippen LogP contribution >= 0.6 is 0 Å². The van der Waals surface area contributed by atoms with E-state index in [2.05, 4.69) is 30.3 Å². The van der Waals surface area contributed by atoms with E-state index in [-0.39, 0.29) is 63.8 Å². The summed E-state index contributed by atoms with van der Waals surface area (Å²) in [6.07, 6.45) is 4.95. The molecule has 6 atom stereocenters. The predicted molar refractivity (Wildman–Crippen MR) is 132 cm³/mol. The molecular weight excluding hydrogens is 442 g/mol. The molecule has 5 N–H and O–H groups in total. The van der Waals surface area contributed by atoms with Gasteiger partial charge in [0.1, 0.15) is 0 Å². The Kier molecular flexibility index (Phi) is 50.1. The fourth-order valence-corrected chi connectivity index (χ4v) is 2.00. The fourth-order valence-electron chi connectivity index (χ4n) is 0.858. The van der Waals surface area contributed by atoms with Crippen LogP contribution in [0, 0.1) is 7.43 Å². The van der Waals surface area contributed by atoms with E-state index in [1.807, 2.05) is 20.9 Å². The minimum absolute atomic E-state index is 0. The van der Waals surface area contributed by atoms with Gasteiger partial charge in [0.05, 0.1) is 20.0 Å². The molecule has 13 heteroatoms. The molecule has 0 radical (unpaired) electrons. The summed E-state index contributed by atoms with van der Waals surface area (Å²) in [5, 5.41) is 12.0. The van der Waals surface area contributed by atoms with Crippen LogP contribution in [-0.4, -0.2) is 86.0 Å². The largest absolute Gasteiger partial charge is 1.00 e. The van der Waals surface area contributed by atoms with E-state index >= 15 is 0 Å². The zero-order valence-electron chi connectivity index (χ0n) is 23.1. The number of rotatable bonds is 6. The third-order valence-corrected chi connectivity index (χ3v) is 5.26. The van der Waals surface area contributed by atoms with Gasteiger partial charge >= 0.3 is 37.7 Å². The van der Waals surface area contributed by atoms with Crippen molar-refractivity contribution in [1.82, 2.24) is 4.31 Å². The van der Waals surface area contributed by atoms with Crippen molar-refractivity contribution < 1.29 is 59.6 Å². The Morgan fingerprint density at radius 3 is 1.44 bits per heavy atom. The van der Waals surface area contributed by atoms with Gasteiger partial charge in [-0.15, -0.1) is 6.04 Å². The van der Waals surface area contributed by atoms with Crippen LogP contribution in [0.2, 0.25) is 0 Å². The summed E-state index contributed by atoms with van der Waals surface area (Å²) in [6, 6.07) is 1.14. The molecule has 0 aromatic rings. The summed E-state index contributed by atoms with van der Waals surface area (Å²) in [6.45, 7) is 12.8. The Bertz CT molecular complexity index is 463. The Morgan fingerprint density at radius 2 is 1.44 bits per heavy atom. The first kappa shape index (κ1) is 50.0. The molecule has 1 heterocycles. The molecule has 190 valence electrons. The molecule has 6 unspecified atom stereocenters. The van der Waals surface area contributed by atoms with E-state index in [0.717, 1.165) is 12.8 Å². The third kappa shape index (κ3) is 52.8. The van der Waals surface area contributed by atoms with Crippen LogP contribution in [0.4, 0.5) is 0 Å². The quantitative estimate of drug-likeness (QED) is 0.194. The molecule has 0 saturated carbocycles. The number of sulfonamides is 1. The summed E-state index contributed by atoms with van der Waals surface area (Å²) in [5.41, 5.74) is 10.3. The molecule has 1 fully saturated rings. The van der Waals surface area contributed by atoms with Crippen molar-refractivity contribution in [3.63, 3.8) is 0 Å². The van der Waals surface area contributed by atoms with E-state index in [4.69, 9.17) is 16.6 Å². The Labute approximate surface area is 226 Å². The second-order valence-electron chi connectivity index (χ2n) is 6.81. The molecule has 0 aromatic carbocycles. The number of nitrogens with two attached hydrogens (primary N) is 2. The Hall–Kier alpha value is 1.05. The molecular formula is C19H50Li2N4O5S2. The SMILES string of the molecule is CC(N)CO.CC1CN1S(C)(=O)=O.CCC(C)N.CCC(C)[N-]C.COS(C)=O.[CH3-].[Li+].[Li+]. The average molecular weight is 493 g/mol. The number of hydrogen-bond acceptors (Lipinski definition) is 7. The van der Waals surface area contributed by atoms with Crippen molar-refractivity contribution in [3.8, 4) is 0 Å². The maximum absolute atomic E-state index is 10.5. The van der Waals surface area contributed by atoms with E-state index in [1.54, 1.807) is 6.92 Å². The maximum atomic E-state index is 10.5. The maximum Gasteiger partial charge on any atom is 1.00 e. The van der Waals surface area contributed by atoms with Crippen LogP contribution in [0.3, 0.4) is 0 Å². The standard InChI is InChI=1S/C5H12N.C4H9NO2S.C4H11N.C3H9NO.C2H6O2S.CH3.2Li/c1-4-5(2)6-3;1-4-3-5(4)8(2,6)7;1-3-4(2)5;1-3(4)2-5;1-4-5(2)3;;;/h5H,4H2,1-3H3;4H,3H2,1-2H3;4H,3,5H2,1-2H3;3,5H,2,4H2,1H3;1-2H3;1H3;;/q-1;;;;;-1;2*+1. The summed E-state index contributed by atoms with van der Waals surface area (Å²) in [7, 11) is 0.409. The number of nitrogens with zero attached hydrogens (tertiary/aromatic N) is 2. The van der Waals surface area contributed by atoms with E-state index in [9.17, 15) is 12.6 Å². The Morgan fingerprint density at radius 1 is 1.16 bits per heavy atom. The van der Waals surface area contributed by atoms with Crippen molar-refractivity contribution in [1.29, 1.82) is 0 Å². The molecule has 1 rings (SSSR count). The summed E-state index contributed by atoms with van der Waals surface area (Å²) >= 11 is -1.07. The van der Waals surface area contributed by atoms with E-state index in [0.29, 0.717) is 18.6 Å². The van der Waals surface area contributed by atoms with Crippen molar-refractivity contribution in [2.24, 2.45) is 11.5 Å². The van der Waals surface area contributed by atoms with Gasteiger partial charge in [-0.05, 0) is 27.2 Å². The minimum Gasteiger partial charge on any atom is -0.662 e. The fraction of sp³-hybridized carbons (Fsp3) is 0.947. The second-order valence-corrected chi connectivity index (χ2v) is 9.88. The van der Waals surface area contributed by atoms with Gasteiger partial charge < -0.3 is 29.3 Å². The van der Waals surface area contributed by atoms with Gasteiger partial charge in [0.2, 0.25) is 10.0 Å². The topological polar surface area (TPSA) is 150 Å². The predicted octanol–water partition coefficient (Wildman–Crippen LogP) is -4.11. The summed E-state index contributed by atoms with van der Waals surface area (Å²) < 4.78 is 36.4. The Balaban J connectivity index is -0.0000000485. The molecule has 9 nitrogen and oxygen atoms in total. The number of aliphatic hydroxyl groups is 1. The van der Waals surface area contributed by atoms with Crippen LogP contribution in [0.5, 0.6) is 0 Å². The van der Waals surface area contributed by atoms with Gasteiger partial charge in [0.15, 0.2) is 11.1 Å². The van der Waals surface area contributed by atoms with Gasteiger partial charge in [0.25, 0.3) is 0 Å². The van der Waals surface area contributed by atoms with Crippen LogP contribution < -0.4 is 49.2 Å². The molecule has 0 amide bonds. The molecule has 1 aliphatic rings. The van der Waals surface area contributed by atoms with Crippen molar-refractivity contribution in [3.05, 3.63) is 12.7 Å². The van der Waals surface area contributed by atoms with Gasteiger partial charge in [0, 0.05) is 30.9 Å². The average Bonchev–Trinajstić information content (AvgIpc) is 3.40. The van der Waals surface area contributed by atoms with Crippen molar-refractivity contribution >= 4 is 21.1 Å². The first-order valence-electron chi connectivity index (χ1n) is 9.69. The van der Waals surface area contributed by atoms with Crippen LogP contribution in [0.1, 0.15) is 54.4 Å². The summed E-state index contributed by atoms with van der Waals surface area (Å²) in [5.74, 6) is 0. The first-order chi connectivity index (χ1) is 13.1. The van der Waals surface area contributed by atoms with Gasteiger partial charge in [-0.2, -0.15) is 11.4 Å². The molecule has 1 aliphatic heterocycles. The normalized spacial score (nSPS) is 19.0. The molecule has 0 spiro atoms. The summed E-state index contributed by atoms with van der Waals surface area (Å²) in [4.78, 5) is 0. The molecule has 0 aromatic heterocycles. The first-order valence-corrected chi connectivity index (χ1v) is 13.0. The molecule has 32 heavy (non-hydrogen) atoms. The molecule has 0 bridgehead atoms. The number of aliphatic hydroxyl groups excluding tert-OH is 1. The van der Waals surface area contributed by atoms with Crippen LogP contribution in [-0.2, 0) is 25.3 Å². The van der Waals surface area contributed by atoms with Crippen molar-refractivity contribution in [2.75, 3.05) is 39.8 Å². The molecule has 1 saturated heterocycles. The second kappa shape index (κ2) is 32.1. The number of hydrogen-bond donors (Lipinski definition) is 3. The van der Waals surface area contributed by atoms with Gasteiger partial charge in [-0.25, -0.2) is 12.6 Å². The van der Waals surface area contributed by atoms with E-state index < -0.39 is 21.1 Å². The zero-order chi connectivity index (χ0) is 24.2. The monoisotopic (exact) mass is 492 g/mol. The van der Waals surface area contributed by atoms with Gasteiger partial charge in [-0.3, -0.25) is 4.18 Å². The smallest absolute Gasteiger partial charge is 0.662 e. The van der Waals surface area contributed by atoms with Crippen molar-refractivity contribution in [2.45, 2.75) is 78.6 Å². The minimum atomic E-state index is -2.85. The van der Waals surface area contributed by atoms with Gasteiger partial charge in [-0.1, -0.05) is 27.2 Å². The zero-order valence-corrected chi connectivity index (χ0v) is 24.7. The van der Waals surface area contributed by atoms with E-state index in [1.165, 1.54) is 23.9 Å². The van der Waals surface area contributed by atoms with Crippen LogP contribution in [0.25, 0.3) is 5.32 Å².